The Morgan fingerprint density at radius 3 is 2.73 bits per heavy atom. The van der Waals surface area contributed by atoms with Crippen molar-refractivity contribution in [2.45, 2.75) is 13.1 Å². The molecular weight excluding hydrogens is 349 g/mol. The first-order chi connectivity index (χ1) is 12.3. The maximum atomic E-state index is 12.6. The molecule has 134 valence electrons. The van der Waals surface area contributed by atoms with Crippen LogP contribution in [-0.2, 0) is 11.0 Å². The van der Waals surface area contributed by atoms with Gasteiger partial charge < -0.3 is 9.73 Å². The van der Waals surface area contributed by atoms with Gasteiger partial charge in [-0.2, -0.15) is 23.0 Å². The van der Waals surface area contributed by atoms with Crippen molar-refractivity contribution in [2.75, 3.05) is 5.32 Å². The molecule has 0 aromatic carbocycles. The fourth-order valence-corrected chi connectivity index (χ4v) is 2.15. The van der Waals surface area contributed by atoms with E-state index in [9.17, 15) is 18.0 Å². The summed E-state index contributed by atoms with van der Waals surface area (Å²) in [7, 11) is 0. The number of aryl methyl sites for hydroxylation is 1. The number of rotatable bonds is 4. The second-order valence-electron chi connectivity index (χ2n) is 5.32. The third-order valence-electron chi connectivity index (χ3n) is 3.32. The maximum absolute atomic E-state index is 12.6. The van der Waals surface area contributed by atoms with Gasteiger partial charge in [-0.1, -0.05) is 0 Å². The van der Waals surface area contributed by atoms with E-state index in [0.717, 1.165) is 12.3 Å². The lowest BCUT2D eigenvalue weighted by atomic mass is 10.3. The minimum atomic E-state index is -4.47. The molecule has 0 aliphatic rings. The molecule has 26 heavy (non-hydrogen) atoms. The van der Waals surface area contributed by atoms with Crippen LogP contribution in [-0.4, -0.2) is 20.7 Å². The van der Waals surface area contributed by atoms with Crippen LogP contribution in [0.25, 0.3) is 11.9 Å². The first kappa shape index (κ1) is 17.5. The molecule has 0 bridgehead atoms. The monoisotopic (exact) mass is 362 g/mol. The van der Waals surface area contributed by atoms with Crippen LogP contribution in [0.15, 0.2) is 53.3 Å². The summed E-state index contributed by atoms with van der Waals surface area (Å²) < 4.78 is 44.3. The summed E-state index contributed by atoms with van der Waals surface area (Å²) >= 11 is 0. The third-order valence-corrected chi connectivity index (χ3v) is 3.32. The third kappa shape index (κ3) is 4.00. The minimum absolute atomic E-state index is 0.149. The highest BCUT2D eigenvalue weighted by Crippen LogP contribution is 2.29. The number of nitrogens with one attached hydrogen (secondary N) is 1. The standard InChI is InChI=1S/C17H13F3N4O2/c1-11-9-15(22-16(25)7-5-13-3-2-8-26-13)24(23-11)14-6-4-12(10-21-14)17(18,19)20/h2-10H,1H3,(H,22,25). The molecule has 3 rings (SSSR count). The van der Waals surface area contributed by atoms with Crippen molar-refractivity contribution in [2.24, 2.45) is 0 Å². The summed E-state index contributed by atoms with van der Waals surface area (Å²) in [4.78, 5) is 15.8. The number of amides is 1. The Bertz CT molecular complexity index is 926. The lowest BCUT2D eigenvalue weighted by Crippen LogP contribution is -2.13. The topological polar surface area (TPSA) is 73.0 Å². The fourth-order valence-electron chi connectivity index (χ4n) is 2.15. The Balaban J connectivity index is 1.81. The van der Waals surface area contributed by atoms with E-state index < -0.39 is 17.6 Å². The number of alkyl halides is 3. The van der Waals surface area contributed by atoms with E-state index in [1.54, 1.807) is 25.1 Å². The minimum Gasteiger partial charge on any atom is -0.465 e. The zero-order valence-electron chi connectivity index (χ0n) is 13.5. The summed E-state index contributed by atoms with van der Waals surface area (Å²) in [6, 6.07) is 7.04. The predicted octanol–water partition coefficient (Wildman–Crippen LogP) is 3.84. The van der Waals surface area contributed by atoms with Gasteiger partial charge in [0.15, 0.2) is 5.82 Å². The first-order valence-corrected chi connectivity index (χ1v) is 7.46. The number of nitrogens with zero attached hydrogens (tertiary/aromatic N) is 3. The van der Waals surface area contributed by atoms with E-state index in [0.29, 0.717) is 11.5 Å². The molecule has 0 aliphatic heterocycles. The van der Waals surface area contributed by atoms with E-state index in [2.05, 4.69) is 15.4 Å². The first-order valence-electron chi connectivity index (χ1n) is 7.46. The van der Waals surface area contributed by atoms with Gasteiger partial charge in [-0.25, -0.2) is 4.98 Å². The summed E-state index contributed by atoms with van der Waals surface area (Å²) in [6.45, 7) is 1.69. The molecule has 0 radical (unpaired) electrons. The van der Waals surface area contributed by atoms with E-state index in [1.165, 1.54) is 29.2 Å². The Kier molecular flexibility index (Phi) is 4.61. The number of furan rings is 1. The average Bonchev–Trinajstić information content (AvgIpc) is 3.22. The second-order valence-corrected chi connectivity index (χ2v) is 5.32. The fraction of sp³-hybridized carbons (Fsp3) is 0.118. The van der Waals surface area contributed by atoms with Gasteiger partial charge in [0.2, 0.25) is 5.91 Å². The van der Waals surface area contributed by atoms with Crippen molar-refractivity contribution in [3.63, 3.8) is 0 Å². The summed E-state index contributed by atoms with van der Waals surface area (Å²) in [5, 5.41) is 6.76. The van der Waals surface area contributed by atoms with Crippen LogP contribution < -0.4 is 5.32 Å². The zero-order valence-corrected chi connectivity index (χ0v) is 13.5. The van der Waals surface area contributed by atoms with Gasteiger partial charge in [0, 0.05) is 18.3 Å². The van der Waals surface area contributed by atoms with Crippen molar-refractivity contribution in [3.05, 3.63) is 65.9 Å². The summed E-state index contributed by atoms with van der Waals surface area (Å²) in [5.41, 5.74) is -0.297. The molecule has 1 N–H and O–H groups in total. The van der Waals surface area contributed by atoms with Gasteiger partial charge in [-0.3, -0.25) is 4.79 Å². The lowest BCUT2D eigenvalue weighted by Gasteiger charge is -2.09. The molecule has 3 heterocycles. The molecule has 3 aromatic rings. The van der Waals surface area contributed by atoms with Crippen LogP contribution in [0.5, 0.6) is 0 Å². The molecule has 0 unspecified atom stereocenters. The number of anilines is 1. The largest absolute Gasteiger partial charge is 0.465 e. The number of carbonyl (C=O) groups is 1. The van der Waals surface area contributed by atoms with Gasteiger partial charge >= 0.3 is 6.18 Å². The maximum Gasteiger partial charge on any atom is 0.417 e. The Hall–Kier alpha value is -3.36. The van der Waals surface area contributed by atoms with Crippen molar-refractivity contribution in [1.29, 1.82) is 0 Å². The Labute approximate surface area is 146 Å². The number of carbonyl (C=O) groups excluding carboxylic acids is 1. The number of halogens is 3. The molecule has 6 nitrogen and oxygen atoms in total. The van der Waals surface area contributed by atoms with E-state index in [-0.39, 0.29) is 11.6 Å². The summed E-state index contributed by atoms with van der Waals surface area (Å²) in [6.07, 6.45) is 0.477. The molecule has 0 saturated carbocycles. The van der Waals surface area contributed by atoms with Gasteiger partial charge in [0.1, 0.15) is 11.6 Å². The molecule has 0 fully saturated rings. The molecule has 1 amide bonds. The van der Waals surface area contributed by atoms with Crippen LogP contribution in [0.2, 0.25) is 0 Å². The molecule has 3 aromatic heterocycles. The Morgan fingerprint density at radius 2 is 2.12 bits per heavy atom. The van der Waals surface area contributed by atoms with Crippen molar-refractivity contribution in [3.8, 4) is 5.82 Å². The van der Waals surface area contributed by atoms with Gasteiger partial charge in [0.25, 0.3) is 0 Å². The highest BCUT2D eigenvalue weighted by molar-refractivity contribution is 6.01. The number of pyridine rings is 1. The van der Waals surface area contributed by atoms with Crippen LogP contribution in [0.4, 0.5) is 19.0 Å². The smallest absolute Gasteiger partial charge is 0.417 e. The highest BCUT2D eigenvalue weighted by atomic mass is 19.4. The number of hydrogen-bond donors (Lipinski definition) is 1. The molecule has 0 spiro atoms. The van der Waals surface area contributed by atoms with Crippen molar-refractivity contribution >= 4 is 17.8 Å². The van der Waals surface area contributed by atoms with Crippen LogP contribution in [0, 0.1) is 6.92 Å². The van der Waals surface area contributed by atoms with Crippen molar-refractivity contribution < 1.29 is 22.4 Å². The molecular formula is C17H13F3N4O2. The molecule has 0 saturated heterocycles. The number of aromatic nitrogens is 3. The zero-order chi connectivity index (χ0) is 18.7. The second kappa shape index (κ2) is 6.87. The van der Waals surface area contributed by atoms with E-state index in [4.69, 9.17) is 4.42 Å². The summed E-state index contributed by atoms with van der Waals surface area (Å²) in [5.74, 6) is 0.490. The van der Waals surface area contributed by atoms with Crippen LogP contribution in [0.1, 0.15) is 17.0 Å². The lowest BCUT2D eigenvalue weighted by molar-refractivity contribution is -0.137. The van der Waals surface area contributed by atoms with Crippen molar-refractivity contribution in [1.82, 2.24) is 14.8 Å². The van der Waals surface area contributed by atoms with Crippen LogP contribution >= 0.6 is 0 Å². The predicted molar refractivity (Wildman–Crippen MR) is 87.5 cm³/mol. The number of hydrogen-bond acceptors (Lipinski definition) is 4. The molecule has 0 atom stereocenters. The molecule has 0 aliphatic carbocycles. The average molecular weight is 362 g/mol. The normalized spacial score (nSPS) is 11.8. The highest BCUT2D eigenvalue weighted by Gasteiger charge is 2.30. The quantitative estimate of drug-likeness (QED) is 0.716. The van der Waals surface area contributed by atoms with Crippen LogP contribution in [0.3, 0.4) is 0 Å². The Morgan fingerprint density at radius 1 is 1.31 bits per heavy atom. The van der Waals surface area contributed by atoms with Gasteiger partial charge in [0.05, 0.1) is 17.5 Å². The SMILES string of the molecule is Cc1cc(NC(=O)C=Cc2ccco2)n(-c2ccc(C(F)(F)F)cn2)n1. The molecule has 9 heteroatoms. The van der Waals surface area contributed by atoms with E-state index >= 15 is 0 Å². The van der Waals surface area contributed by atoms with Gasteiger partial charge in [-0.15, -0.1) is 0 Å². The van der Waals surface area contributed by atoms with Gasteiger partial charge in [-0.05, 0) is 37.3 Å². The van der Waals surface area contributed by atoms with E-state index in [1.807, 2.05) is 0 Å².